The van der Waals surface area contributed by atoms with Crippen LogP contribution < -0.4 is 10.6 Å². The van der Waals surface area contributed by atoms with Crippen LogP contribution >= 0.6 is 0 Å². The average Bonchev–Trinajstić information content (AvgIpc) is 2.40. The molecule has 3 N–H and O–H groups in total. The molecule has 0 aliphatic rings. The van der Waals surface area contributed by atoms with Crippen molar-refractivity contribution in [2.75, 3.05) is 11.9 Å². The minimum absolute atomic E-state index is 0.0348. The van der Waals surface area contributed by atoms with E-state index >= 15 is 0 Å². The highest BCUT2D eigenvalue weighted by Crippen LogP contribution is 2.20. The molecule has 0 aliphatic heterocycles. The van der Waals surface area contributed by atoms with Crippen molar-refractivity contribution in [1.29, 1.82) is 0 Å². The molecule has 1 rings (SSSR count). The molecule has 0 aromatic heterocycles. The Morgan fingerprint density at radius 3 is 2.48 bits per heavy atom. The highest BCUT2D eigenvalue weighted by atomic mass is 16.4. The summed E-state index contributed by atoms with van der Waals surface area (Å²) in [5.41, 5.74) is 2.85. The fraction of sp³-hybridized carbons (Fsp3) is 0.500. The van der Waals surface area contributed by atoms with Crippen LogP contribution in [0.1, 0.15) is 31.9 Å². The fourth-order valence-electron chi connectivity index (χ4n) is 2.17. The number of aliphatic carboxylic acids is 1. The van der Waals surface area contributed by atoms with Gasteiger partial charge in [-0.25, -0.2) is 4.79 Å². The maximum absolute atomic E-state index is 12.0. The lowest BCUT2D eigenvalue weighted by molar-refractivity contribution is -0.142. The first-order valence-corrected chi connectivity index (χ1v) is 7.23. The molecule has 0 saturated carbocycles. The van der Waals surface area contributed by atoms with E-state index in [0.717, 1.165) is 23.2 Å². The number of carboxylic acid groups (broad SMARTS) is 1. The summed E-state index contributed by atoms with van der Waals surface area (Å²) in [5, 5.41) is 14.6. The van der Waals surface area contributed by atoms with E-state index in [0.29, 0.717) is 0 Å². The molecule has 0 bridgehead atoms. The Balaban J connectivity index is 2.68. The summed E-state index contributed by atoms with van der Waals surface area (Å²) in [6.45, 7) is 7.73. The zero-order valence-electron chi connectivity index (χ0n) is 13.1. The lowest BCUT2D eigenvalue weighted by Crippen LogP contribution is -2.38. The summed E-state index contributed by atoms with van der Waals surface area (Å²) in [7, 11) is 0. The molecule has 2 amide bonds. The first kappa shape index (κ1) is 17.0. The number of carbonyl (C=O) groups excluding carboxylic acids is 1. The Hall–Kier alpha value is -2.04. The van der Waals surface area contributed by atoms with Gasteiger partial charge < -0.3 is 15.7 Å². The molecule has 0 radical (unpaired) electrons. The molecule has 5 nitrogen and oxygen atoms in total. The topological polar surface area (TPSA) is 78.4 Å². The number of hydrogen-bond donors (Lipinski definition) is 3. The summed E-state index contributed by atoms with van der Waals surface area (Å²) >= 11 is 0. The minimum atomic E-state index is -0.893. The average molecular weight is 292 g/mol. The molecule has 0 aliphatic carbocycles. The molecular formula is C16H24N2O3. The van der Waals surface area contributed by atoms with Crippen molar-refractivity contribution in [3.05, 3.63) is 29.3 Å². The predicted molar refractivity (Wildman–Crippen MR) is 83.5 cm³/mol. The van der Waals surface area contributed by atoms with Crippen LogP contribution in [0, 0.1) is 18.8 Å². The first-order chi connectivity index (χ1) is 9.86. The zero-order valence-corrected chi connectivity index (χ0v) is 13.1. The van der Waals surface area contributed by atoms with Gasteiger partial charge >= 0.3 is 12.0 Å². The number of anilines is 1. The second kappa shape index (κ2) is 7.67. The smallest absolute Gasteiger partial charge is 0.319 e. The third-order valence-electron chi connectivity index (χ3n) is 3.58. The van der Waals surface area contributed by atoms with Gasteiger partial charge in [-0.2, -0.15) is 0 Å². The van der Waals surface area contributed by atoms with Crippen LogP contribution in [0.5, 0.6) is 0 Å². The Morgan fingerprint density at radius 2 is 1.95 bits per heavy atom. The summed E-state index contributed by atoms with van der Waals surface area (Å²) in [6.07, 6.45) is 0.820. The van der Waals surface area contributed by atoms with Crippen LogP contribution in [-0.2, 0) is 11.2 Å². The van der Waals surface area contributed by atoms with Crippen molar-refractivity contribution in [1.82, 2.24) is 5.32 Å². The van der Waals surface area contributed by atoms with E-state index in [1.165, 1.54) is 0 Å². The molecule has 1 aromatic rings. The highest BCUT2D eigenvalue weighted by Gasteiger charge is 2.22. The SMILES string of the molecule is CCc1cccc(C)c1NC(=O)NCC(C(=O)O)C(C)C. The monoisotopic (exact) mass is 292 g/mol. The second-order valence-electron chi connectivity index (χ2n) is 5.49. The molecule has 0 saturated heterocycles. The number of benzene rings is 1. The number of aryl methyl sites for hydroxylation is 2. The van der Waals surface area contributed by atoms with Crippen molar-refractivity contribution >= 4 is 17.7 Å². The van der Waals surface area contributed by atoms with Gasteiger partial charge in [0, 0.05) is 12.2 Å². The summed E-state index contributed by atoms with van der Waals surface area (Å²) in [6, 6.07) is 5.49. The number of carbonyl (C=O) groups is 2. The Labute approximate surface area is 125 Å². The van der Waals surface area contributed by atoms with Crippen LogP contribution in [0.2, 0.25) is 0 Å². The van der Waals surface area contributed by atoms with Gasteiger partial charge in [0.15, 0.2) is 0 Å². The van der Waals surface area contributed by atoms with E-state index < -0.39 is 11.9 Å². The van der Waals surface area contributed by atoms with Crippen molar-refractivity contribution in [2.45, 2.75) is 34.1 Å². The lowest BCUT2D eigenvalue weighted by atomic mass is 9.96. The number of carboxylic acids is 1. The van der Waals surface area contributed by atoms with Gasteiger partial charge in [0.25, 0.3) is 0 Å². The van der Waals surface area contributed by atoms with Crippen LogP contribution in [0.15, 0.2) is 18.2 Å². The van der Waals surface area contributed by atoms with Gasteiger partial charge in [0.2, 0.25) is 0 Å². The number of amides is 2. The van der Waals surface area contributed by atoms with Crippen LogP contribution in [0.25, 0.3) is 0 Å². The Bertz CT molecular complexity index is 512. The molecule has 5 heteroatoms. The Morgan fingerprint density at radius 1 is 1.29 bits per heavy atom. The third-order valence-corrected chi connectivity index (χ3v) is 3.58. The molecule has 116 valence electrons. The number of nitrogens with one attached hydrogen (secondary N) is 2. The van der Waals surface area contributed by atoms with E-state index in [9.17, 15) is 9.59 Å². The summed E-state index contributed by atoms with van der Waals surface area (Å²) in [5.74, 6) is -1.51. The fourth-order valence-corrected chi connectivity index (χ4v) is 2.17. The molecule has 1 aromatic carbocycles. The predicted octanol–water partition coefficient (Wildman–Crippen LogP) is 3.04. The molecule has 21 heavy (non-hydrogen) atoms. The van der Waals surface area contributed by atoms with Crippen molar-refractivity contribution in [3.8, 4) is 0 Å². The van der Waals surface area contributed by atoms with Crippen LogP contribution in [0.4, 0.5) is 10.5 Å². The van der Waals surface area contributed by atoms with E-state index in [1.807, 2.05) is 45.9 Å². The minimum Gasteiger partial charge on any atom is -0.481 e. The quantitative estimate of drug-likeness (QED) is 0.754. The normalized spacial score (nSPS) is 12.0. The highest BCUT2D eigenvalue weighted by molar-refractivity contribution is 5.91. The molecule has 0 heterocycles. The van der Waals surface area contributed by atoms with E-state index in [2.05, 4.69) is 10.6 Å². The number of rotatable bonds is 6. The standard InChI is InChI=1S/C16H24N2O3/c1-5-12-8-6-7-11(4)14(12)18-16(21)17-9-13(10(2)3)15(19)20/h6-8,10,13H,5,9H2,1-4H3,(H,19,20)(H2,17,18,21). The molecule has 1 unspecified atom stereocenters. The number of urea groups is 1. The Kier molecular flexibility index (Phi) is 6.21. The van der Waals surface area contributed by atoms with Gasteiger partial charge in [0.1, 0.15) is 0 Å². The van der Waals surface area contributed by atoms with Crippen molar-refractivity contribution in [3.63, 3.8) is 0 Å². The van der Waals surface area contributed by atoms with Gasteiger partial charge in [-0.3, -0.25) is 4.79 Å². The molecule has 0 spiro atoms. The van der Waals surface area contributed by atoms with Gasteiger partial charge in [-0.1, -0.05) is 39.0 Å². The van der Waals surface area contributed by atoms with Crippen LogP contribution in [-0.4, -0.2) is 23.7 Å². The van der Waals surface area contributed by atoms with E-state index in [1.54, 1.807) is 0 Å². The van der Waals surface area contributed by atoms with Crippen LogP contribution in [0.3, 0.4) is 0 Å². The van der Waals surface area contributed by atoms with Gasteiger partial charge in [-0.15, -0.1) is 0 Å². The summed E-state index contributed by atoms with van der Waals surface area (Å²) in [4.78, 5) is 23.1. The third kappa shape index (κ3) is 4.77. The largest absolute Gasteiger partial charge is 0.481 e. The van der Waals surface area contributed by atoms with Crippen molar-refractivity contribution in [2.24, 2.45) is 11.8 Å². The zero-order chi connectivity index (χ0) is 16.0. The first-order valence-electron chi connectivity index (χ1n) is 7.23. The van der Waals surface area contributed by atoms with E-state index in [-0.39, 0.29) is 18.5 Å². The summed E-state index contributed by atoms with van der Waals surface area (Å²) < 4.78 is 0. The maximum atomic E-state index is 12.0. The lowest BCUT2D eigenvalue weighted by Gasteiger charge is -2.18. The molecule has 1 atom stereocenters. The number of hydrogen-bond acceptors (Lipinski definition) is 2. The van der Waals surface area contributed by atoms with E-state index in [4.69, 9.17) is 5.11 Å². The molecule has 0 fully saturated rings. The maximum Gasteiger partial charge on any atom is 0.319 e. The van der Waals surface area contributed by atoms with Crippen molar-refractivity contribution < 1.29 is 14.7 Å². The second-order valence-corrected chi connectivity index (χ2v) is 5.49. The molecular weight excluding hydrogens is 268 g/mol. The number of para-hydroxylation sites is 1. The van der Waals surface area contributed by atoms with Gasteiger partial charge in [0.05, 0.1) is 5.92 Å². The van der Waals surface area contributed by atoms with Gasteiger partial charge in [-0.05, 0) is 30.4 Å².